The van der Waals surface area contributed by atoms with Crippen LogP contribution < -0.4 is 10.2 Å². The highest BCUT2D eigenvalue weighted by Gasteiger charge is 2.51. The van der Waals surface area contributed by atoms with E-state index in [-0.39, 0.29) is 18.3 Å². The molecule has 1 aromatic rings. The van der Waals surface area contributed by atoms with E-state index in [2.05, 4.69) is 39.8 Å². The second kappa shape index (κ2) is 9.28. The molecule has 0 saturated carbocycles. The first kappa shape index (κ1) is 22.3. The van der Waals surface area contributed by atoms with Gasteiger partial charge in [-0.1, -0.05) is 81.5 Å². The molecule has 4 rings (SSSR count). The van der Waals surface area contributed by atoms with E-state index in [1.807, 2.05) is 12.1 Å². The van der Waals surface area contributed by atoms with Gasteiger partial charge in [0.25, 0.3) is 0 Å². The maximum absolute atomic E-state index is 6.13. The number of hydrogen-bond donors (Lipinski definition) is 0. The lowest BCUT2D eigenvalue weighted by Gasteiger charge is -2.40. The molecule has 3 aliphatic rings. The summed E-state index contributed by atoms with van der Waals surface area (Å²) in [7, 11) is -0.302. The van der Waals surface area contributed by atoms with Crippen molar-refractivity contribution in [3.05, 3.63) is 24.3 Å². The van der Waals surface area contributed by atoms with Crippen molar-refractivity contribution in [3.8, 4) is 5.75 Å². The topological polar surface area (TPSA) is 27.7 Å². The van der Waals surface area contributed by atoms with Crippen LogP contribution in [-0.4, -0.2) is 31.6 Å². The third-order valence-corrected chi connectivity index (χ3v) is 8.37. The Morgan fingerprint density at radius 3 is 1.97 bits per heavy atom. The van der Waals surface area contributed by atoms with E-state index in [9.17, 15) is 0 Å². The molecular formula is C25H40B2O3. The zero-order valence-electron chi connectivity index (χ0n) is 19.6. The summed E-state index contributed by atoms with van der Waals surface area (Å²) in [5.74, 6) is 3.05. The highest BCUT2D eigenvalue weighted by atomic mass is 16.7. The Balaban J connectivity index is 1.15. The first-order valence-electron chi connectivity index (χ1n) is 12.4. The van der Waals surface area contributed by atoms with Crippen molar-refractivity contribution in [3.63, 3.8) is 0 Å². The number of fused-ring (bicyclic) bond motifs is 2. The third kappa shape index (κ3) is 4.93. The number of hydrogen-bond acceptors (Lipinski definition) is 3. The second-order valence-electron chi connectivity index (χ2n) is 10.9. The molecule has 1 aromatic carbocycles. The van der Waals surface area contributed by atoms with Gasteiger partial charge in [0.2, 0.25) is 0 Å². The fourth-order valence-corrected chi connectivity index (χ4v) is 5.83. The van der Waals surface area contributed by atoms with Crippen LogP contribution in [0.2, 0.25) is 18.0 Å². The Hall–Kier alpha value is -0.930. The normalized spacial score (nSPS) is 27.3. The molecule has 0 aliphatic carbocycles. The van der Waals surface area contributed by atoms with Gasteiger partial charge in [0.05, 0.1) is 17.8 Å². The smallest absolute Gasteiger partial charge is 0.494 e. The maximum atomic E-state index is 6.13. The SMILES string of the molecule is CC1(C)OB(c2ccc(OCCCCCB3C4CCCC3CCC4)cc2)OC1(C)C. The van der Waals surface area contributed by atoms with Crippen LogP contribution in [0.15, 0.2) is 24.3 Å². The number of unbranched alkanes of at least 4 members (excludes halogenated alkanes) is 2. The average Bonchev–Trinajstić information content (AvgIpc) is 2.92. The molecule has 3 saturated heterocycles. The minimum Gasteiger partial charge on any atom is -0.494 e. The molecule has 30 heavy (non-hydrogen) atoms. The minimum absolute atomic E-state index is 0.302. The van der Waals surface area contributed by atoms with Crippen molar-refractivity contribution < 1.29 is 14.0 Å². The summed E-state index contributed by atoms with van der Waals surface area (Å²) >= 11 is 0. The van der Waals surface area contributed by atoms with Crippen LogP contribution in [0.25, 0.3) is 0 Å². The van der Waals surface area contributed by atoms with E-state index < -0.39 is 0 Å². The van der Waals surface area contributed by atoms with Gasteiger partial charge in [-0.25, -0.2) is 0 Å². The Kier molecular flexibility index (Phi) is 6.89. The van der Waals surface area contributed by atoms with E-state index in [0.717, 1.165) is 42.6 Å². The van der Waals surface area contributed by atoms with Gasteiger partial charge >= 0.3 is 7.12 Å². The molecule has 0 atom stereocenters. The minimum atomic E-state index is -0.302. The highest BCUT2D eigenvalue weighted by molar-refractivity contribution is 6.62. The molecule has 0 amide bonds. The Labute approximate surface area is 184 Å². The Morgan fingerprint density at radius 1 is 0.833 bits per heavy atom. The average molecular weight is 410 g/mol. The summed E-state index contributed by atoms with van der Waals surface area (Å²) in [6, 6.07) is 8.23. The van der Waals surface area contributed by atoms with Crippen LogP contribution in [0.4, 0.5) is 0 Å². The predicted molar refractivity (Wildman–Crippen MR) is 127 cm³/mol. The van der Waals surface area contributed by atoms with Gasteiger partial charge in [0.1, 0.15) is 12.5 Å². The summed E-state index contributed by atoms with van der Waals surface area (Å²) in [6.45, 7) is 10.2. The summed E-state index contributed by atoms with van der Waals surface area (Å²) in [5.41, 5.74) is 0.450. The standard InChI is InChI=1S/C25H40B2O3/c1-24(2)25(3,4)30-27(29-24)22-14-16-23(17-15-22)28-19-7-5-6-18-26-20-10-8-11-21(26)13-9-12-20/h14-17,20-21H,5-13,18-19H2,1-4H3. The predicted octanol–water partition coefficient (Wildman–Crippen LogP) is 6.14. The highest BCUT2D eigenvalue weighted by Crippen LogP contribution is 2.48. The molecular weight excluding hydrogens is 370 g/mol. The number of benzene rings is 1. The van der Waals surface area contributed by atoms with E-state index >= 15 is 0 Å². The van der Waals surface area contributed by atoms with Gasteiger partial charge in [-0.2, -0.15) is 0 Å². The van der Waals surface area contributed by atoms with Crippen LogP contribution in [0.5, 0.6) is 5.75 Å². The molecule has 2 bridgehead atoms. The van der Waals surface area contributed by atoms with Gasteiger partial charge in [-0.05, 0) is 51.7 Å². The van der Waals surface area contributed by atoms with Crippen LogP contribution in [0.3, 0.4) is 0 Å². The van der Waals surface area contributed by atoms with Crippen molar-refractivity contribution in [2.75, 3.05) is 6.61 Å². The van der Waals surface area contributed by atoms with Gasteiger partial charge in [-0.15, -0.1) is 0 Å². The van der Waals surface area contributed by atoms with Crippen LogP contribution in [0.1, 0.15) is 85.5 Å². The molecule has 0 radical (unpaired) electrons. The monoisotopic (exact) mass is 410 g/mol. The molecule has 3 aliphatic heterocycles. The lowest BCUT2D eigenvalue weighted by atomic mass is 9.26. The molecule has 164 valence electrons. The lowest BCUT2D eigenvalue weighted by molar-refractivity contribution is 0.00578. The van der Waals surface area contributed by atoms with Crippen molar-refractivity contribution in [1.82, 2.24) is 0 Å². The molecule has 0 N–H and O–H groups in total. The quantitative estimate of drug-likeness (QED) is 0.381. The van der Waals surface area contributed by atoms with Gasteiger partial charge in [0, 0.05) is 0 Å². The van der Waals surface area contributed by atoms with Crippen LogP contribution in [-0.2, 0) is 9.31 Å². The number of ether oxygens (including phenoxy) is 1. The van der Waals surface area contributed by atoms with Crippen molar-refractivity contribution in [2.24, 2.45) is 0 Å². The van der Waals surface area contributed by atoms with Crippen LogP contribution >= 0.6 is 0 Å². The zero-order chi connectivity index (χ0) is 21.2. The fourth-order valence-electron chi connectivity index (χ4n) is 5.83. The van der Waals surface area contributed by atoms with E-state index in [1.54, 1.807) is 0 Å². The van der Waals surface area contributed by atoms with Crippen molar-refractivity contribution >= 4 is 19.3 Å². The first-order chi connectivity index (χ1) is 14.4. The fraction of sp³-hybridized carbons (Fsp3) is 0.760. The largest absolute Gasteiger partial charge is 0.494 e. The third-order valence-electron chi connectivity index (χ3n) is 8.37. The van der Waals surface area contributed by atoms with Gasteiger partial charge in [-0.3, -0.25) is 0 Å². The first-order valence-corrected chi connectivity index (χ1v) is 12.4. The van der Waals surface area contributed by atoms with Gasteiger partial charge in [0.15, 0.2) is 0 Å². The second-order valence-corrected chi connectivity index (χ2v) is 10.9. The van der Waals surface area contributed by atoms with Crippen molar-refractivity contribution in [1.29, 1.82) is 0 Å². The number of rotatable bonds is 8. The van der Waals surface area contributed by atoms with E-state index in [4.69, 9.17) is 14.0 Å². The molecule has 0 spiro atoms. The molecule has 0 aromatic heterocycles. The van der Waals surface area contributed by atoms with E-state index in [1.165, 1.54) is 57.7 Å². The maximum Gasteiger partial charge on any atom is 0.494 e. The summed E-state index contributed by atoms with van der Waals surface area (Å²) in [5, 5.41) is 0. The zero-order valence-corrected chi connectivity index (χ0v) is 19.6. The van der Waals surface area contributed by atoms with Crippen LogP contribution in [0, 0.1) is 0 Å². The summed E-state index contributed by atoms with van der Waals surface area (Å²) in [6.07, 6.45) is 14.3. The molecule has 0 unspecified atom stereocenters. The molecule has 3 fully saturated rings. The Morgan fingerprint density at radius 2 is 1.40 bits per heavy atom. The van der Waals surface area contributed by atoms with Crippen molar-refractivity contribution in [2.45, 2.75) is 115 Å². The summed E-state index contributed by atoms with van der Waals surface area (Å²) < 4.78 is 18.2. The Bertz CT molecular complexity index is 650. The summed E-state index contributed by atoms with van der Waals surface area (Å²) in [4.78, 5) is 0. The van der Waals surface area contributed by atoms with Gasteiger partial charge < -0.3 is 14.0 Å². The molecule has 5 heteroatoms. The molecule has 3 heterocycles. The van der Waals surface area contributed by atoms with E-state index in [0.29, 0.717) is 0 Å². The lowest BCUT2D eigenvalue weighted by Crippen LogP contribution is -2.41. The molecule has 3 nitrogen and oxygen atoms in total.